The van der Waals surface area contributed by atoms with E-state index in [2.05, 4.69) is 0 Å². The van der Waals surface area contributed by atoms with Gasteiger partial charge < -0.3 is 36.8 Å². The van der Waals surface area contributed by atoms with Crippen molar-refractivity contribution in [2.45, 2.75) is 0 Å². The van der Waals surface area contributed by atoms with Gasteiger partial charge in [-0.1, -0.05) is 0 Å². The van der Waals surface area contributed by atoms with Gasteiger partial charge in [-0.25, -0.2) is 0 Å². The van der Waals surface area contributed by atoms with E-state index in [0.29, 0.717) is 0 Å². The van der Waals surface area contributed by atoms with Crippen molar-refractivity contribution in [1.29, 1.82) is 0 Å². The summed E-state index contributed by atoms with van der Waals surface area (Å²) < 4.78 is 0. The van der Waals surface area contributed by atoms with E-state index in [1.54, 1.807) is 0 Å². The summed E-state index contributed by atoms with van der Waals surface area (Å²) in [6, 6.07) is 0. The molecule has 0 atom stereocenters. The zero-order chi connectivity index (χ0) is 0. The Balaban J connectivity index is 0. The first-order valence-electron chi connectivity index (χ1n) is 0. The third-order valence-electron chi connectivity index (χ3n) is 0. The predicted octanol–water partition coefficient (Wildman–Crippen LogP) is -8.87. The van der Waals surface area contributed by atoms with Crippen LogP contribution in [0.15, 0.2) is 0 Å². The molecule has 0 N–H and O–H groups in total. The van der Waals surface area contributed by atoms with E-state index in [4.69, 9.17) is 0 Å². The van der Waals surface area contributed by atoms with Crippen LogP contribution in [0.4, 0.5) is 0 Å². The first-order chi connectivity index (χ1) is 0. The fraction of sp³-hybridized carbons (Fsp3) is 0. The average Bonchev–Trinajstić information content (AvgIpc) is 0. The van der Waals surface area contributed by atoms with Crippen LogP contribution >= 0.6 is 0 Å². The summed E-state index contributed by atoms with van der Waals surface area (Å²) in [4.78, 5) is 0. The van der Waals surface area contributed by atoms with Crippen molar-refractivity contribution in [2.75, 3.05) is 0 Å². The van der Waals surface area contributed by atoms with Gasteiger partial charge in [0.15, 0.2) is 0 Å². The van der Waals surface area contributed by atoms with Crippen molar-refractivity contribution in [3.05, 3.63) is 0 Å². The second-order valence-electron chi connectivity index (χ2n) is 0. The van der Waals surface area contributed by atoms with Crippen molar-refractivity contribution in [2.24, 2.45) is 0 Å². The molecule has 0 aromatic carbocycles. The van der Waals surface area contributed by atoms with Gasteiger partial charge >= 0.3 is 226 Å². The van der Waals surface area contributed by atoms with Gasteiger partial charge in [0.25, 0.3) is 0 Å². The maximum Gasteiger partial charge on any atom is 2.00 e. The molecule has 0 heterocycles. The van der Waals surface area contributed by atoms with Crippen molar-refractivity contribution in [3.63, 3.8) is 0 Å². The molecule has 0 spiro atoms. The topological polar surface area (TPSA) is 142 Å². The Morgan fingerprint density at radius 2 is 0.231 bits per heavy atom. The Morgan fingerprint density at radius 3 is 0.231 bits per heavy atom. The van der Waals surface area contributed by atoms with Gasteiger partial charge in [0, 0.05) is 0 Å². The van der Waals surface area contributed by atoms with Crippen LogP contribution < -0.4 is 9.41 Å². The summed E-state index contributed by atoms with van der Waals surface area (Å²) in [5.74, 6) is 0. The molecule has 56 valence electrons. The molecule has 5 nitrogen and oxygen atoms in total. The van der Waals surface area contributed by atoms with Crippen LogP contribution in [0.5, 0.6) is 0 Å². The van der Waals surface area contributed by atoms with Gasteiger partial charge in [-0.05, 0) is 0 Å². The monoisotopic (exact) mass is 358 g/mol. The Hall–Kier alpha value is 7.22. The largest absolute Gasteiger partial charge is 2.00 e. The summed E-state index contributed by atoms with van der Waals surface area (Å²) in [5, 5.41) is 0. The molecule has 0 bridgehead atoms. The van der Waals surface area contributed by atoms with Gasteiger partial charge in [-0.15, -0.1) is 0 Å². The number of halogens is 2. The molecule has 0 rings (SSSR count). The third-order valence-corrected chi connectivity index (χ3v) is 0. The summed E-state index contributed by atoms with van der Waals surface area (Å²) in [6.45, 7) is 0. The molecular weight excluding hydrogens is 358 g/mol. The fourth-order valence-corrected chi connectivity index (χ4v) is 0. The van der Waals surface area contributed by atoms with Crippen molar-refractivity contribution in [1.82, 2.24) is 0 Å². The minimum Gasteiger partial charge on any atom is -2.00 e. The minimum absolute atomic E-state index is 0. The summed E-state index contributed by atoms with van der Waals surface area (Å²) in [6.07, 6.45) is 0. The molecule has 0 aromatic heterocycles. The summed E-state index contributed by atoms with van der Waals surface area (Å²) in [5.41, 5.74) is 0. The van der Waals surface area contributed by atoms with E-state index in [1.165, 1.54) is 0 Å². The molecule has 13 heavy (non-hydrogen) atoms. The first kappa shape index (κ1) is 143. The van der Waals surface area contributed by atoms with Crippen LogP contribution in [0, 0.1) is 0 Å². The van der Waals surface area contributed by atoms with Crippen LogP contribution in [-0.2, 0) is 27.4 Å². The molecular formula is Ca6F2O5. The number of hydrogen-bond acceptors (Lipinski definition) is 0. The van der Waals surface area contributed by atoms with Crippen molar-refractivity contribution in [3.8, 4) is 0 Å². The molecule has 0 unspecified atom stereocenters. The molecule has 0 saturated heterocycles. The Labute approximate surface area is 255 Å². The first-order valence-corrected chi connectivity index (χ1v) is 0. The van der Waals surface area contributed by atoms with Crippen molar-refractivity contribution < 1.29 is 36.8 Å². The van der Waals surface area contributed by atoms with Gasteiger partial charge in [-0.2, -0.15) is 0 Å². The maximum atomic E-state index is 0. The van der Waals surface area contributed by atoms with E-state index < -0.39 is 0 Å². The molecule has 0 aliphatic carbocycles. The van der Waals surface area contributed by atoms with Crippen LogP contribution in [0.1, 0.15) is 0 Å². The molecule has 13 heteroatoms. The Kier molecular flexibility index (Phi) is 1350. The molecule has 0 aromatic rings. The van der Waals surface area contributed by atoms with Gasteiger partial charge in [0.05, 0.1) is 0 Å². The van der Waals surface area contributed by atoms with E-state index in [0.717, 1.165) is 0 Å². The molecule has 0 fully saturated rings. The molecule has 0 aliphatic rings. The van der Waals surface area contributed by atoms with Crippen molar-refractivity contribution >= 4 is 226 Å². The van der Waals surface area contributed by atoms with E-state index >= 15 is 0 Å². The standard InChI is InChI=1S/6Ca.2FH.5O/h;;;;;;2*1H;;;;;/q6*+2;;;5*-2/p-2. The number of rotatable bonds is 0. The van der Waals surface area contributed by atoms with E-state index in [9.17, 15) is 0 Å². The van der Waals surface area contributed by atoms with Crippen LogP contribution in [0.25, 0.3) is 0 Å². The summed E-state index contributed by atoms with van der Waals surface area (Å²) in [7, 11) is 0. The summed E-state index contributed by atoms with van der Waals surface area (Å²) >= 11 is 0. The van der Waals surface area contributed by atoms with E-state index in [1.807, 2.05) is 0 Å². The van der Waals surface area contributed by atoms with E-state index in [-0.39, 0.29) is 263 Å². The molecule has 0 amide bonds. The SMILES string of the molecule is [Ca+2].[Ca+2].[Ca+2].[Ca+2].[Ca+2].[Ca+2].[F-].[F-].[O-2].[O-2].[O-2].[O-2].[O-2]. The van der Waals surface area contributed by atoms with Crippen LogP contribution in [-0.4, -0.2) is 226 Å². The number of hydrogen-bond donors (Lipinski definition) is 0. The normalized spacial score (nSPS) is 0. The average molecular weight is 358 g/mol. The van der Waals surface area contributed by atoms with Crippen LogP contribution in [0.3, 0.4) is 0 Å². The van der Waals surface area contributed by atoms with Gasteiger partial charge in [0.2, 0.25) is 0 Å². The minimum atomic E-state index is 0. The second-order valence-corrected chi connectivity index (χ2v) is 0. The Morgan fingerprint density at radius 1 is 0.231 bits per heavy atom. The molecule has 0 aliphatic heterocycles. The molecule has 0 saturated carbocycles. The maximum absolute atomic E-state index is 0. The zero-order valence-corrected chi connectivity index (χ0v) is 20.3. The smallest absolute Gasteiger partial charge is 2.00 e. The zero-order valence-electron chi connectivity index (χ0n) is 7.04. The van der Waals surface area contributed by atoms with Gasteiger partial charge in [-0.3, -0.25) is 0 Å². The second kappa shape index (κ2) is 122. The molecule has 0 radical (unpaired) electrons. The predicted molar refractivity (Wildman–Crippen MR) is 38.0 cm³/mol. The van der Waals surface area contributed by atoms with Crippen LogP contribution in [0.2, 0.25) is 0 Å². The third kappa shape index (κ3) is 109. The fourth-order valence-electron chi connectivity index (χ4n) is 0. The quantitative estimate of drug-likeness (QED) is 0.379. The van der Waals surface area contributed by atoms with Gasteiger partial charge in [0.1, 0.15) is 0 Å². The Bertz CT molecular complexity index is 19.0.